The molecule has 140 valence electrons. The number of aliphatic carboxylic acids is 1. The van der Waals surface area contributed by atoms with Crippen LogP contribution in [0.4, 0.5) is 0 Å². The zero-order chi connectivity index (χ0) is 18.4. The summed E-state index contributed by atoms with van der Waals surface area (Å²) in [5.41, 5.74) is 0.871. The number of nitrogens with zero attached hydrogens (tertiary/aromatic N) is 2. The molecule has 1 amide bonds. The Kier molecular flexibility index (Phi) is 6.99. The van der Waals surface area contributed by atoms with E-state index in [1.165, 1.54) is 0 Å². The summed E-state index contributed by atoms with van der Waals surface area (Å²) >= 11 is 0. The van der Waals surface area contributed by atoms with Crippen LogP contribution < -0.4 is 5.32 Å². The second kappa shape index (κ2) is 8.99. The zero-order valence-corrected chi connectivity index (χ0v) is 15.3. The molecule has 0 bridgehead atoms. The summed E-state index contributed by atoms with van der Waals surface area (Å²) in [4.78, 5) is 24.2. The summed E-state index contributed by atoms with van der Waals surface area (Å²) in [5.74, 6) is -1.63. The largest absolute Gasteiger partial charge is 0.480 e. The van der Waals surface area contributed by atoms with E-state index in [0.717, 1.165) is 25.0 Å². The van der Waals surface area contributed by atoms with Gasteiger partial charge < -0.3 is 15.2 Å². The summed E-state index contributed by atoms with van der Waals surface area (Å²) in [5, 5.41) is 16.4. The molecule has 0 spiro atoms. The van der Waals surface area contributed by atoms with Crippen molar-refractivity contribution in [2.24, 2.45) is 5.92 Å². The molecule has 0 saturated carbocycles. The molecule has 1 aliphatic rings. The lowest BCUT2D eigenvalue weighted by molar-refractivity contribution is -0.145. The van der Waals surface area contributed by atoms with Crippen LogP contribution in [-0.2, 0) is 14.3 Å². The van der Waals surface area contributed by atoms with Gasteiger partial charge in [0.05, 0.1) is 11.6 Å². The summed E-state index contributed by atoms with van der Waals surface area (Å²) < 4.78 is 7.76. The lowest BCUT2D eigenvalue weighted by atomic mass is 9.90. The third kappa shape index (κ3) is 4.81. The molecule has 0 radical (unpaired) electrons. The minimum atomic E-state index is -0.984. The van der Waals surface area contributed by atoms with E-state index in [2.05, 4.69) is 10.4 Å². The predicted molar refractivity (Wildman–Crippen MR) is 93.1 cm³/mol. The van der Waals surface area contributed by atoms with E-state index < -0.39 is 17.9 Å². The zero-order valence-electron chi connectivity index (χ0n) is 15.3. The first kappa shape index (κ1) is 19.4. The van der Waals surface area contributed by atoms with Gasteiger partial charge in [-0.1, -0.05) is 19.8 Å². The van der Waals surface area contributed by atoms with Gasteiger partial charge in [0, 0.05) is 18.8 Å². The van der Waals surface area contributed by atoms with Gasteiger partial charge >= 0.3 is 5.97 Å². The van der Waals surface area contributed by atoms with Crippen LogP contribution in [0.15, 0.2) is 12.3 Å². The summed E-state index contributed by atoms with van der Waals surface area (Å²) in [7, 11) is 0. The standard InChI is InChI=1S/C18H29N3O4/c1-4-5-8-14(18(23)24)20-17(22)13-7-6-11-25-16(13)15-9-10-19-21(15)12(2)3/h9-10,12-14,16H,4-8,11H2,1-3H3,(H,20,22)(H,23,24)/t13-,14+,16-/m1/s1. The number of nitrogens with one attached hydrogen (secondary N) is 1. The van der Waals surface area contributed by atoms with Gasteiger partial charge in [-0.05, 0) is 39.2 Å². The van der Waals surface area contributed by atoms with Crippen molar-refractivity contribution >= 4 is 11.9 Å². The van der Waals surface area contributed by atoms with E-state index >= 15 is 0 Å². The number of carboxylic acid groups (broad SMARTS) is 1. The van der Waals surface area contributed by atoms with Crippen molar-refractivity contribution < 1.29 is 19.4 Å². The Labute approximate surface area is 148 Å². The maximum absolute atomic E-state index is 12.8. The van der Waals surface area contributed by atoms with Crippen LogP contribution >= 0.6 is 0 Å². The number of carbonyl (C=O) groups excluding carboxylic acids is 1. The topological polar surface area (TPSA) is 93.5 Å². The van der Waals surface area contributed by atoms with Crippen molar-refractivity contribution in [2.75, 3.05) is 6.61 Å². The van der Waals surface area contributed by atoms with Crippen molar-refractivity contribution in [1.82, 2.24) is 15.1 Å². The van der Waals surface area contributed by atoms with Gasteiger partial charge in [-0.2, -0.15) is 5.10 Å². The van der Waals surface area contributed by atoms with Gasteiger partial charge in [-0.15, -0.1) is 0 Å². The third-order valence-electron chi connectivity index (χ3n) is 4.60. The van der Waals surface area contributed by atoms with Gasteiger partial charge in [-0.3, -0.25) is 9.48 Å². The molecule has 1 fully saturated rings. The number of hydrogen-bond acceptors (Lipinski definition) is 4. The highest BCUT2D eigenvalue weighted by Gasteiger charge is 2.36. The highest BCUT2D eigenvalue weighted by atomic mass is 16.5. The van der Waals surface area contributed by atoms with Crippen molar-refractivity contribution in [1.29, 1.82) is 0 Å². The van der Waals surface area contributed by atoms with Crippen LogP contribution in [0.2, 0.25) is 0 Å². The number of unbranched alkanes of at least 4 members (excludes halogenated alkanes) is 1. The average Bonchev–Trinajstić information content (AvgIpc) is 3.08. The van der Waals surface area contributed by atoms with Crippen LogP contribution in [0.3, 0.4) is 0 Å². The molecule has 1 aliphatic heterocycles. The van der Waals surface area contributed by atoms with Gasteiger partial charge in [-0.25, -0.2) is 4.79 Å². The number of ether oxygens (including phenoxy) is 1. The molecule has 7 nitrogen and oxygen atoms in total. The predicted octanol–water partition coefficient (Wildman–Crippen LogP) is 2.69. The number of aromatic nitrogens is 2. The van der Waals surface area contributed by atoms with E-state index in [0.29, 0.717) is 19.4 Å². The van der Waals surface area contributed by atoms with Crippen molar-refractivity contribution in [3.05, 3.63) is 18.0 Å². The van der Waals surface area contributed by atoms with Crippen molar-refractivity contribution in [2.45, 2.75) is 71.1 Å². The molecule has 0 unspecified atom stereocenters. The van der Waals surface area contributed by atoms with Crippen LogP contribution in [-0.4, -0.2) is 39.4 Å². The number of hydrogen-bond donors (Lipinski definition) is 2. The van der Waals surface area contributed by atoms with E-state index in [-0.39, 0.29) is 18.1 Å². The maximum atomic E-state index is 12.8. The van der Waals surface area contributed by atoms with Gasteiger partial charge in [0.1, 0.15) is 12.1 Å². The first-order valence-corrected chi connectivity index (χ1v) is 9.13. The molecule has 2 heterocycles. The second-order valence-corrected chi connectivity index (χ2v) is 6.88. The number of carbonyl (C=O) groups is 2. The van der Waals surface area contributed by atoms with E-state index in [1.54, 1.807) is 6.20 Å². The van der Waals surface area contributed by atoms with Crippen LogP contribution in [0.5, 0.6) is 0 Å². The van der Waals surface area contributed by atoms with E-state index in [4.69, 9.17) is 4.74 Å². The van der Waals surface area contributed by atoms with E-state index in [1.807, 2.05) is 31.5 Å². The fraction of sp³-hybridized carbons (Fsp3) is 0.722. The molecule has 1 aromatic heterocycles. The highest BCUT2D eigenvalue weighted by molar-refractivity contribution is 5.85. The molecule has 2 rings (SSSR count). The average molecular weight is 351 g/mol. The molecular weight excluding hydrogens is 322 g/mol. The maximum Gasteiger partial charge on any atom is 0.326 e. The number of rotatable bonds is 8. The second-order valence-electron chi connectivity index (χ2n) is 6.88. The molecule has 0 aliphatic carbocycles. The Hall–Kier alpha value is -1.89. The molecule has 2 N–H and O–H groups in total. The Balaban J connectivity index is 2.15. The summed E-state index contributed by atoms with van der Waals surface area (Å²) in [6.07, 6.45) is 4.89. The first-order chi connectivity index (χ1) is 12.0. The summed E-state index contributed by atoms with van der Waals surface area (Å²) in [6.45, 7) is 6.65. The van der Waals surface area contributed by atoms with Crippen molar-refractivity contribution in [3.63, 3.8) is 0 Å². The lowest BCUT2D eigenvalue weighted by Crippen LogP contribution is -2.46. The van der Waals surface area contributed by atoms with E-state index in [9.17, 15) is 14.7 Å². The van der Waals surface area contributed by atoms with Crippen LogP contribution in [0.25, 0.3) is 0 Å². The lowest BCUT2D eigenvalue weighted by Gasteiger charge is -2.32. The van der Waals surface area contributed by atoms with Crippen LogP contribution in [0, 0.1) is 5.92 Å². The minimum Gasteiger partial charge on any atom is -0.480 e. The monoisotopic (exact) mass is 351 g/mol. The van der Waals surface area contributed by atoms with Gasteiger partial charge in [0.15, 0.2) is 0 Å². The Morgan fingerprint density at radius 1 is 1.48 bits per heavy atom. The quantitative estimate of drug-likeness (QED) is 0.751. The minimum absolute atomic E-state index is 0.163. The highest BCUT2D eigenvalue weighted by Crippen LogP contribution is 2.34. The summed E-state index contributed by atoms with van der Waals surface area (Å²) in [6, 6.07) is 1.20. The smallest absolute Gasteiger partial charge is 0.326 e. The Bertz CT molecular complexity index is 585. The number of carboxylic acids is 1. The molecule has 0 aromatic carbocycles. The SMILES string of the molecule is CCCC[C@H](NC(=O)[C@@H]1CCCO[C@H]1c1ccnn1C(C)C)C(=O)O. The normalized spacial score (nSPS) is 21.9. The molecule has 1 saturated heterocycles. The fourth-order valence-electron chi connectivity index (χ4n) is 3.27. The molecule has 3 atom stereocenters. The molecular formula is C18H29N3O4. The third-order valence-corrected chi connectivity index (χ3v) is 4.60. The van der Waals surface area contributed by atoms with Crippen LogP contribution in [0.1, 0.15) is 70.7 Å². The molecule has 25 heavy (non-hydrogen) atoms. The Morgan fingerprint density at radius 3 is 2.88 bits per heavy atom. The molecule has 1 aromatic rings. The Morgan fingerprint density at radius 2 is 2.24 bits per heavy atom. The van der Waals surface area contributed by atoms with Crippen molar-refractivity contribution in [3.8, 4) is 0 Å². The first-order valence-electron chi connectivity index (χ1n) is 9.13. The van der Waals surface area contributed by atoms with Gasteiger partial charge in [0.2, 0.25) is 5.91 Å². The van der Waals surface area contributed by atoms with Gasteiger partial charge in [0.25, 0.3) is 0 Å². The molecule has 7 heteroatoms. The fourth-order valence-corrected chi connectivity index (χ4v) is 3.27. The number of amides is 1.